The maximum absolute atomic E-state index is 12.3. The summed E-state index contributed by atoms with van der Waals surface area (Å²) < 4.78 is 0. The number of benzene rings is 1. The molecule has 0 unspecified atom stereocenters. The van der Waals surface area contributed by atoms with Crippen molar-refractivity contribution in [3.63, 3.8) is 0 Å². The number of ketones is 1. The first-order chi connectivity index (χ1) is 9.26. The van der Waals surface area contributed by atoms with Crippen LogP contribution in [-0.2, 0) is 25.7 Å². The summed E-state index contributed by atoms with van der Waals surface area (Å²) in [5.41, 5.74) is 3.86. The molecule has 0 amide bonds. The number of hydrogen-bond donors (Lipinski definition) is 0. The van der Waals surface area contributed by atoms with Crippen LogP contribution in [0.4, 0.5) is 0 Å². The Bertz CT molecular complexity index is 571. The van der Waals surface area contributed by atoms with Crippen LogP contribution in [0.25, 0.3) is 0 Å². The third kappa shape index (κ3) is 2.64. The summed E-state index contributed by atoms with van der Waals surface area (Å²) in [4.78, 5) is 14.7. The first-order valence-corrected chi connectivity index (χ1v) is 7.80. The van der Waals surface area contributed by atoms with Gasteiger partial charge in [-0.25, -0.2) is 0 Å². The van der Waals surface area contributed by atoms with Crippen molar-refractivity contribution in [2.45, 2.75) is 39.0 Å². The first kappa shape index (κ1) is 12.6. The fourth-order valence-corrected chi connectivity index (χ4v) is 3.82. The number of hydrogen-bond acceptors (Lipinski definition) is 2. The smallest absolute Gasteiger partial charge is 0.177 e. The van der Waals surface area contributed by atoms with Gasteiger partial charge in [-0.05, 0) is 48.4 Å². The van der Waals surface area contributed by atoms with Gasteiger partial charge < -0.3 is 0 Å². The Morgan fingerprint density at radius 1 is 1.16 bits per heavy atom. The lowest BCUT2D eigenvalue weighted by Crippen LogP contribution is -2.01. The lowest BCUT2D eigenvalue weighted by atomic mass is 10.0. The molecule has 1 heterocycles. The Hall–Kier alpha value is -1.41. The van der Waals surface area contributed by atoms with Crippen molar-refractivity contribution in [1.82, 2.24) is 0 Å². The zero-order chi connectivity index (χ0) is 13.2. The second-order valence-corrected chi connectivity index (χ2v) is 6.32. The van der Waals surface area contributed by atoms with Crippen LogP contribution >= 0.6 is 11.3 Å². The van der Waals surface area contributed by atoms with E-state index >= 15 is 0 Å². The number of carbonyl (C=O) groups is 1. The van der Waals surface area contributed by atoms with Crippen LogP contribution in [0.5, 0.6) is 0 Å². The van der Waals surface area contributed by atoms with E-state index in [2.05, 4.69) is 37.3 Å². The van der Waals surface area contributed by atoms with Gasteiger partial charge in [0.1, 0.15) is 0 Å². The largest absolute Gasteiger partial charge is 0.293 e. The highest BCUT2D eigenvalue weighted by Gasteiger charge is 2.18. The summed E-state index contributed by atoms with van der Waals surface area (Å²) in [6.45, 7) is 2.15. The molecule has 2 heteroatoms. The summed E-state index contributed by atoms with van der Waals surface area (Å²) in [5, 5.41) is 0. The van der Waals surface area contributed by atoms with Crippen molar-refractivity contribution >= 4 is 17.1 Å². The molecule has 1 aliphatic carbocycles. The van der Waals surface area contributed by atoms with Crippen LogP contribution in [0, 0.1) is 0 Å². The summed E-state index contributed by atoms with van der Waals surface area (Å²) in [6, 6.07) is 10.5. The van der Waals surface area contributed by atoms with E-state index < -0.39 is 0 Å². The highest BCUT2D eigenvalue weighted by molar-refractivity contribution is 7.14. The van der Waals surface area contributed by atoms with E-state index in [1.807, 2.05) is 0 Å². The first-order valence-electron chi connectivity index (χ1n) is 6.99. The predicted octanol–water partition coefficient (Wildman–Crippen LogP) is 4.22. The molecule has 2 aromatic rings. The van der Waals surface area contributed by atoms with Gasteiger partial charge in [-0.15, -0.1) is 11.3 Å². The van der Waals surface area contributed by atoms with Gasteiger partial charge in [-0.3, -0.25) is 4.79 Å². The van der Waals surface area contributed by atoms with E-state index in [0.717, 1.165) is 23.3 Å². The van der Waals surface area contributed by atoms with E-state index in [1.165, 1.54) is 28.8 Å². The molecule has 0 bridgehead atoms. The molecule has 0 saturated carbocycles. The van der Waals surface area contributed by atoms with Crippen molar-refractivity contribution in [3.8, 4) is 0 Å². The number of carbonyl (C=O) groups excluding carboxylic acids is 1. The molecule has 1 aromatic heterocycles. The summed E-state index contributed by atoms with van der Waals surface area (Å²) in [5.74, 6) is 0.267. The molecular formula is C17H18OS. The third-order valence-electron chi connectivity index (χ3n) is 3.82. The number of rotatable bonds is 4. The van der Waals surface area contributed by atoms with Crippen molar-refractivity contribution in [1.29, 1.82) is 0 Å². The molecule has 0 N–H and O–H groups in total. The zero-order valence-electron chi connectivity index (χ0n) is 11.2. The highest BCUT2D eigenvalue weighted by Crippen LogP contribution is 2.31. The van der Waals surface area contributed by atoms with E-state index in [-0.39, 0.29) is 5.78 Å². The summed E-state index contributed by atoms with van der Waals surface area (Å²) in [7, 11) is 0. The molecule has 0 saturated heterocycles. The Kier molecular flexibility index (Phi) is 3.52. The number of aryl methyl sites for hydroxylation is 3. The average molecular weight is 270 g/mol. The second-order valence-electron chi connectivity index (χ2n) is 5.18. The predicted molar refractivity (Wildman–Crippen MR) is 80.2 cm³/mol. The molecule has 0 aliphatic heterocycles. The molecule has 3 rings (SSSR count). The minimum atomic E-state index is 0.267. The van der Waals surface area contributed by atoms with Crippen molar-refractivity contribution < 1.29 is 4.79 Å². The normalized spacial score (nSPS) is 13.5. The minimum absolute atomic E-state index is 0.267. The number of thiophene rings is 1. The molecule has 19 heavy (non-hydrogen) atoms. The van der Waals surface area contributed by atoms with Gasteiger partial charge >= 0.3 is 0 Å². The number of fused-ring (bicyclic) bond motifs is 1. The van der Waals surface area contributed by atoms with Gasteiger partial charge in [0.25, 0.3) is 0 Å². The van der Waals surface area contributed by atoms with E-state index in [4.69, 9.17) is 0 Å². The van der Waals surface area contributed by atoms with Crippen LogP contribution in [0.2, 0.25) is 0 Å². The van der Waals surface area contributed by atoms with Gasteiger partial charge in [0.05, 0.1) is 4.88 Å². The third-order valence-corrected chi connectivity index (χ3v) is 5.10. The van der Waals surface area contributed by atoms with Crippen LogP contribution in [0.3, 0.4) is 0 Å². The molecule has 0 radical (unpaired) electrons. The standard InChI is InChI=1S/C17H18OS/c1-2-12-6-8-13(9-7-12)10-15(18)17-11-14-4-3-5-16(14)19-17/h6-9,11H,2-5,10H2,1H3. The van der Waals surface area contributed by atoms with Crippen molar-refractivity contribution in [2.24, 2.45) is 0 Å². The molecule has 0 atom stereocenters. The quantitative estimate of drug-likeness (QED) is 0.760. The maximum Gasteiger partial charge on any atom is 0.177 e. The Morgan fingerprint density at radius 2 is 1.89 bits per heavy atom. The Morgan fingerprint density at radius 3 is 2.58 bits per heavy atom. The molecule has 98 valence electrons. The Balaban J connectivity index is 1.72. The van der Waals surface area contributed by atoms with Gasteiger partial charge in [0.2, 0.25) is 0 Å². The highest BCUT2D eigenvalue weighted by atomic mass is 32.1. The molecule has 0 fully saturated rings. The van der Waals surface area contributed by atoms with Gasteiger partial charge in [0.15, 0.2) is 5.78 Å². The minimum Gasteiger partial charge on any atom is -0.293 e. The van der Waals surface area contributed by atoms with E-state index in [0.29, 0.717) is 6.42 Å². The van der Waals surface area contributed by atoms with E-state index in [9.17, 15) is 4.79 Å². The number of Topliss-reactive ketones (excluding diaryl/α,β-unsaturated/α-hetero) is 1. The SMILES string of the molecule is CCc1ccc(CC(=O)c2cc3c(s2)CCC3)cc1. The molecular weight excluding hydrogens is 252 g/mol. The van der Waals surface area contributed by atoms with Crippen LogP contribution in [0.1, 0.15) is 44.6 Å². The van der Waals surface area contributed by atoms with Gasteiger partial charge in [0, 0.05) is 11.3 Å². The summed E-state index contributed by atoms with van der Waals surface area (Å²) >= 11 is 1.71. The average Bonchev–Trinajstić information content (AvgIpc) is 3.00. The lowest BCUT2D eigenvalue weighted by Gasteiger charge is -2.01. The molecule has 1 aromatic carbocycles. The molecule has 1 nitrogen and oxygen atoms in total. The fraction of sp³-hybridized carbons (Fsp3) is 0.353. The van der Waals surface area contributed by atoms with Gasteiger partial charge in [-0.1, -0.05) is 31.2 Å². The van der Waals surface area contributed by atoms with Crippen molar-refractivity contribution in [2.75, 3.05) is 0 Å². The molecule has 0 spiro atoms. The maximum atomic E-state index is 12.3. The van der Waals surface area contributed by atoms with Gasteiger partial charge in [-0.2, -0.15) is 0 Å². The molecule has 1 aliphatic rings. The monoisotopic (exact) mass is 270 g/mol. The van der Waals surface area contributed by atoms with E-state index in [1.54, 1.807) is 11.3 Å². The second kappa shape index (κ2) is 5.30. The van der Waals surface area contributed by atoms with Crippen LogP contribution < -0.4 is 0 Å². The van der Waals surface area contributed by atoms with Crippen LogP contribution in [0.15, 0.2) is 30.3 Å². The zero-order valence-corrected chi connectivity index (χ0v) is 12.1. The Labute approximate surface area is 118 Å². The summed E-state index contributed by atoms with van der Waals surface area (Å²) in [6.07, 6.45) is 5.16. The lowest BCUT2D eigenvalue weighted by molar-refractivity contribution is 0.0997. The fourth-order valence-electron chi connectivity index (χ4n) is 2.63. The van der Waals surface area contributed by atoms with Crippen LogP contribution in [-0.4, -0.2) is 5.78 Å². The van der Waals surface area contributed by atoms with Crippen molar-refractivity contribution in [3.05, 3.63) is 56.8 Å². The topological polar surface area (TPSA) is 17.1 Å².